The molecule has 0 amide bonds. The summed E-state index contributed by atoms with van der Waals surface area (Å²) in [6, 6.07) is 22.9. The van der Waals surface area contributed by atoms with Gasteiger partial charge < -0.3 is 5.32 Å². The third-order valence-electron chi connectivity index (χ3n) is 3.32. The molecule has 0 saturated carbocycles. The highest BCUT2D eigenvalue weighted by molar-refractivity contribution is 5.63. The van der Waals surface area contributed by atoms with Gasteiger partial charge in [-0.3, -0.25) is 0 Å². The first-order valence-electron chi connectivity index (χ1n) is 7.03. The second kappa shape index (κ2) is 6.77. The smallest absolute Gasteiger partial charge is 0.0769 e. The quantitative estimate of drug-likeness (QED) is 0.775. The van der Waals surface area contributed by atoms with Crippen LogP contribution in [-0.2, 0) is 13.1 Å². The van der Waals surface area contributed by atoms with Crippen LogP contribution in [0.15, 0.2) is 72.9 Å². The normalized spacial score (nSPS) is 10.5. The van der Waals surface area contributed by atoms with Crippen molar-refractivity contribution in [2.75, 3.05) is 0 Å². The van der Waals surface area contributed by atoms with Crippen molar-refractivity contribution in [1.29, 1.82) is 0 Å². The van der Waals surface area contributed by atoms with E-state index in [0.717, 1.165) is 18.8 Å². The molecule has 0 unspecified atom stereocenters. The average Bonchev–Trinajstić information content (AvgIpc) is 2.57. The van der Waals surface area contributed by atoms with Crippen LogP contribution in [0.2, 0.25) is 0 Å². The molecule has 0 bridgehead atoms. The van der Waals surface area contributed by atoms with Gasteiger partial charge >= 0.3 is 0 Å². The number of benzene rings is 2. The van der Waals surface area contributed by atoms with Gasteiger partial charge in [-0.1, -0.05) is 54.6 Å². The molecule has 0 radical (unpaired) electrons. The van der Waals surface area contributed by atoms with E-state index in [4.69, 9.17) is 0 Å². The van der Waals surface area contributed by atoms with Gasteiger partial charge in [-0.15, -0.1) is 0 Å². The van der Waals surface area contributed by atoms with E-state index >= 15 is 0 Å². The zero-order valence-electron chi connectivity index (χ0n) is 11.7. The molecule has 0 saturated heterocycles. The van der Waals surface area contributed by atoms with Crippen molar-refractivity contribution in [3.8, 4) is 11.1 Å². The number of rotatable bonds is 5. The van der Waals surface area contributed by atoms with E-state index in [9.17, 15) is 0 Å². The van der Waals surface area contributed by atoms with Crippen molar-refractivity contribution in [3.63, 3.8) is 0 Å². The Morgan fingerprint density at radius 2 is 1.48 bits per heavy atom. The number of hydrogen-bond donors (Lipinski definition) is 1. The van der Waals surface area contributed by atoms with Crippen molar-refractivity contribution < 1.29 is 0 Å². The molecule has 1 N–H and O–H groups in total. The van der Waals surface area contributed by atoms with Crippen LogP contribution in [0, 0.1) is 0 Å². The van der Waals surface area contributed by atoms with Crippen molar-refractivity contribution in [2.24, 2.45) is 0 Å². The minimum Gasteiger partial charge on any atom is -0.307 e. The fourth-order valence-electron chi connectivity index (χ4n) is 2.21. The Labute approximate surface area is 124 Å². The Balaban J connectivity index is 1.58. The van der Waals surface area contributed by atoms with Gasteiger partial charge in [0.15, 0.2) is 0 Å². The molecule has 1 aromatic heterocycles. The molecule has 2 aromatic carbocycles. The second-order valence-electron chi connectivity index (χ2n) is 4.88. The summed E-state index contributed by atoms with van der Waals surface area (Å²) in [6.45, 7) is 1.56. The third-order valence-corrected chi connectivity index (χ3v) is 3.32. The SMILES string of the molecule is c1ccc(-c2ccc(CNCc3cccnn3)cc2)cc1. The van der Waals surface area contributed by atoms with Crippen LogP contribution in [0.4, 0.5) is 0 Å². The van der Waals surface area contributed by atoms with E-state index in [-0.39, 0.29) is 0 Å². The minimum atomic E-state index is 0.730. The molecule has 0 fully saturated rings. The Hall–Kier alpha value is -2.52. The lowest BCUT2D eigenvalue weighted by Gasteiger charge is -2.06. The van der Waals surface area contributed by atoms with Crippen LogP contribution in [0.1, 0.15) is 11.3 Å². The highest BCUT2D eigenvalue weighted by Gasteiger charge is 1.98. The van der Waals surface area contributed by atoms with Gasteiger partial charge in [0, 0.05) is 19.3 Å². The van der Waals surface area contributed by atoms with Crippen LogP contribution in [0.25, 0.3) is 11.1 Å². The number of nitrogens with zero attached hydrogens (tertiary/aromatic N) is 2. The van der Waals surface area contributed by atoms with Crippen molar-refractivity contribution in [3.05, 3.63) is 84.2 Å². The molecule has 3 aromatic rings. The van der Waals surface area contributed by atoms with Crippen LogP contribution in [0.5, 0.6) is 0 Å². The van der Waals surface area contributed by atoms with Crippen LogP contribution < -0.4 is 5.32 Å². The predicted octanol–water partition coefficient (Wildman–Crippen LogP) is 3.43. The van der Waals surface area contributed by atoms with Gasteiger partial charge in [-0.05, 0) is 28.8 Å². The molecule has 0 atom stereocenters. The lowest BCUT2D eigenvalue weighted by atomic mass is 10.0. The summed E-state index contributed by atoms with van der Waals surface area (Å²) < 4.78 is 0. The average molecular weight is 275 g/mol. The summed E-state index contributed by atoms with van der Waals surface area (Å²) in [5, 5.41) is 11.3. The fraction of sp³-hybridized carbons (Fsp3) is 0.111. The van der Waals surface area contributed by atoms with Crippen LogP contribution in [-0.4, -0.2) is 10.2 Å². The van der Waals surface area contributed by atoms with Crippen molar-refractivity contribution in [1.82, 2.24) is 15.5 Å². The fourth-order valence-corrected chi connectivity index (χ4v) is 2.21. The van der Waals surface area contributed by atoms with E-state index in [0.29, 0.717) is 0 Å². The number of nitrogens with one attached hydrogen (secondary N) is 1. The molecule has 3 rings (SSSR count). The third kappa shape index (κ3) is 3.74. The molecule has 0 aliphatic carbocycles. The summed E-state index contributed by atoms with van der Waals surface area (Å²) in [6.07, 6.45) is 1.69. The zero-order valence-corrected chi connectivity index (χ0v) is 11.7. The maximum absolute atomic E-state index is 4.05. The topological polar surface area (TPSA) is 37.8 Å². The van der Waals surface area contributed by atoms with Gasteiger partial charge in [-0.25, -0.2) is 0 Å². The van der Waals surface area contributed by atoms with Gasteiger partial charge in [0.2, 0.25) is 0 Å². The molecular formula is C18H17N3. The van der Waals surface area contributed by atoms with Gasteiger partial charge in [-0.2, -0.15) is 10.2 Å². The largest absolute Gasteiger partial charge is 0.307 e. The Morgan fingerprint density at radius 1 is 0.714 bits per heavy atom. The summed E-state index contributed by atoms with van der Waals surface area (Å²) in [5.41, 5.74) is 4.71. The van der Waals surface area contributed by atoms with Gasteiger partial charge in [0.25, 0.3) is 0 Å². The first kappa shape index (κ1) is 13.5. The van der Waals surface area contributed by atoms with Crippen molar-refractivity contribution in [2.45, 2.75) is 13.1 Å². The second-order valence-corrected chi connectivity index (χ2v) is 4.88. The van der Waals surface area contributed by atoms with E-state index in [1.54, 1.807) is 6.20 Å². The first-order chi connectivity index (χ1) is 10.4. The first-order valence-corrected chi connectivity index (χ1v) is 7.03. The molecule has 3 nitrogen and oxygen atoms in total. The molecular weight excluding hydrogens is 258 g/mol. The lowest BCUT2D eigenvalue weighted by Crippen LogP contribution is -2.13. The van der Waals surface area contributed by atoms with Crippen molar-refractivity contribution >= 4 is 0 Å². The van der Waals surface area contributed by atoms with E-state index in [2.05, 4.69) is 64.0 Å². The molecule has 0 aliphatic rings. The van der Waals surface area contributed by atoms with E-state index in [1.165, 1.54) is 16.7 Å². The highest BCUT2D eigenvalue weighted by atomic mass is 15.1. The Bertz CT molecular complexity index is 664. The summed E-state index contributed by atoms with van der Waals surface area (Å²) in [4.78, 5) is 0. The standard InChI is InChI=1S/C18H17N3/c1-2-5-16(6-3-1)17-10-8-15(9-11-17)13-19-14-18-7-4-12-20-21-18/h1-12,19H,13-14H2. The van der Waals surface area contributed by atoms with Crippen LogP contribution >= 0.6 is 0 Å². The molecule has 1 heterocycles. The predicted molar refractivity (Wildman–Crippen MR) is 84.5 cm³/mol. The van der Waals surface area contributed by atoms with E-state index < -0.39 is 0 Å². The van der Waals surface area contributed by atoms with E-state index in [1.807, 2.05) is 18.2 Å². The maximum Gasteiger partial charge on any atom is 0.0769 e. The van der Waals surface area contributed by atoms with Gasteiger partial charge in [0.1, 0.15) is 0 Å². The lowest BCUT2D eigenvalue weighted by molar-refractivity contribution is 0.670. The number of hydrogen-bond acceptors (Lipinski definition) is 3. The molecule has 0 aliphatic heterocycles. The number of aromatic nitrogens is 2. The maximum atomic E-state index is 4.05. The molecule has 21 heavy (non-hydrogen) atoms. The molecule has 104 valence electrons. The Kier molecular flexibility index (Phi) is 4.34. The monoisotopic (exact) mass is 275 g/mol. The molecule has 3 heteroatoms. The summed E-state index contributed by atoms with van der Waals surface area (Å²) in [5.74, 6) is 0. The van der Waals surface area contributed by atoms with Crippen LogP contribution in [0.3, 0.4) is 0 Å². The minimum absolute atomic E-state index is 0.730. The zero-order chi connectivity index (χ0) is 14.3. The summed E-state index contributed by atoms with van der Waals surface area (Å²) in [7, 11) is 0. The van der Waals surface area contributed by atoms with Gasteiger partial charge in [0.05, 0.1) is 5.69 Å². The summed E-state index contributed by atoms with van der Waals surface area (Å²) >= 11 is 0. The Morgan fingerprint density at radius 3 is 2.19 bits per heavy atom. The highest BCUT2D eigenvalue weighted by Crippen LogP contribution is 2.19. The molecule has 0 spiro atoms.